The molecular formula is C8H16N2O. The molecule has 1 aliphatic heterocycles. The normalized spacial score (nSPS) is 20.9. The molecule has 1 heterocycles. The molecule has 1 rings (SSSR count). The van der Waals surface area contributed by atoms with E-state index in [9.17, 15) is 0 Å². The molecule has 0 aliphatic carbocycles. The Morgan fingerprint density at radius 2 is 2.27 bits per heavy atom. The topological polar surface area (TPSA) is 26.7 Å². The molecule has 1 saturated heterocycles. The number of likely N-dealkylation sites (N-methyl/N-ethyl adjacent to an activating group) is 1. The number of aliphatic hydroxyl groups is 1. The highest BCUT2D eigenvalue weighted by atomic mass is 16.3. The van der Waals surface area contributed by atoms with E-state index in [0.29, 0.717) is 0 Å². The average Bonchev–Trinajstić information content (AvgIpc) is 1.95. The molecule has 0 radical (unpaired) electrons. The van der Waals surface area contributed by atoms with Gasteiger partial charge in [-0.05, 0) is 7.05 Å². The van der Waals surface area contributed by atoms with Crippen molar-refractivity contribution >= 4 is 0 Å². The lowest BCUT2D eigenvalue weighted by atomic mass is 10.3. The fourth-order valence-electron chi connectivity index (χ4n) is 1.33. The van der Waals surface area contributed by atoms with Crippen molar-refractivity contribution in [1.29, 1.82) is 0 Å². The Bertz CT molecular complexity index is 147. The standard InChI is InChI=1S/C8H16N2O/c1-8-7-9(2)3-4-10(8)5-6-11/h11H,1,3-7H2,2H3. The largest absolute Gasteiger partial charge is 0.395 e. The van der Waals surface area contributed by atoms with E-state index in [-0.39, 0.29) is 6.61 Å². The molecule has 0 bridgehead atoms. The predicted molar refractivity (Wildman–Crippen MR) is 45.3 cm³/mol. The van der Waals surface area contributed by atoms with Crippen molar-refractivity contribution in [2.45, 2.75) is 0 Å². The Kier molecular flexibility index (Phi) is 2.91. The van der Waals surface area contributed by atoms with E-state index >= 15 is 0 Å². The van der Waals surface area contributed by atoms with Crippen LogP contribution in [-0.2, 0) is 0 Å². The molecule has 0 spiro atoms. The molecule has 3 nitrogen and oxygen atoms in total. The first-order chi connectivity index (χ1) is 5.24. The van der Waals surface area contributed by atoms with E-state index in [4.69, 9.17) is 5.11 Å². The van der Waals surface area contributed by atoms with E-state index in [1.807, 2.05) is 0 Å². The third-order valence-corrected chi connectivity index (χ3v) is 2.02. The summed E-state index contributed by atoms with van der Waals surface area (Å²) in [6, 6.07) is 0. The second kappa shape index (κ2) is 3.74. The van der Waals surface area contributed by atoms with Crippen LogP contribution in [0.4, 0.5) is 0 Å². The Labute approximate surface area is 67.9 Å². The van der Waals surface area contributed by atoms with Gasteiger partial charge in [0.1, 0.15) is 0 Å². The van der Waals surface area contributed by atoms with Crippen molar-refractivity contribution in [3.8, 4) is 0 Å². The average molecular weight is 156 g/mol. The molecule has 3 heteroatoms. The van der Waals surface area contributed by atoms with Gasteiger partial charge in [-0.3, -0.25) is 4.90 Å². The van der Waals surface area contributed by atoms with Crippen LogP contribution in [-0.4, -0.2) is 54.7 Å². The van der Waals surface area contributed by atoms with Gasteiger partial charge in [0.15, 0.2) is 0 Å². The molecule has 0 aromatic carbocycles. The molecule has 1 N–H and O–H groups in total. The number of hydrogen-bond donors (Lipinski definition) is 1. The van der Waals surface area contributed by atoms with Gasteiger partial charge in [-0.15, -0.1) is 0 Å². The molecule has 64 valence electrons. The summed E-state index contributed by atoms with van der Waals surface area (Å²) in [5, 5.41) is 8.71. The van der Waals surface area contributed by atoms with E-state index < -0.39 is 0 Å². The third-order valence-electron chi connectivity index (χ3n) is 2.02. The van der Waals surface area contributed by atoms with E-state index in [1.165, 1.54) is 0 Å². The van der Waals surface area contributed by atoms with Crippen molar-refractivity contribution in [1.82, 2.24) is 9.80 Å². The van der Waals surface area contributed by atoms with Crippen molar-refractivity contribution in [3.63, 3.8) is 0 Å². The van der Waals surface area contributed by atoms with Crippen molar-refractivity contribution in [2.24, 2.45) is 0 Å². The highest BCUT2D eigenvalue weighted by Crippen LogP contribution is 2.08. The summed E-state index contributed by atoms with van der Waals surface area (Å²) >= 11 is 0. The van der Waals surface area contributed by atoms with Gasteiger partial charge in [0.2, 0.25) is 0 Å². The summed E-state index contributed by atoms with van der Waals surface area (Å²) < 4.78 is 0. The zero-order chi connectivity index (χ0) is 8.27. The summed E-state index contributed by atoms with van der Waals surface area (Å²) in [5.74, 6) is 0. The Hall–Kier alpha value is -0.540. The lowest BCUT2D eigenvalue weighted by molar-refractivity contribution is 0.169. The number of rotatable bonds is 2. The summed E-state index contributed by atoms with van der Waals surface area (Å²) in [5.41, 5.74) is 1.12. The minimum atomic E-state index is 0.225. The maximum absolute atomic E-state index is 8.71. The predicted octanol–water partition coefficient (Wildman–Crippen LogP) is -0.260. The van der Waals surface area contributed by atoms with Gasteiger partial charge in [-0.25, -0.2) is 0 Å². The first kappa shape index (κ1) is 8.56. The van der Waals surface area contributed by atoms with Gasteiger partial charge in [-0.2, -0.15) is 0 Å². The van der Waals surface area contributed by atoms with Crippen LogP contribution in [0.1, 0.15) is 0 Å². The van der Waals surface area contributed by atoms with Crippen LogP contribution in [0, 0.1) is 0 Å². The minimum absolute atomic E-state index is 0.225. The number of nitrogens with zero attached hydrogens (tertiary/aromatic N) is 2. The highest BCUT2D eigenvalue weighted by Gasteiger charge is 2.15. The van der Waals surface area contributed by atoms with Crippen LogP contribution >= 0.6 is 0 Å². The van der Waals surface area contributed by atoms with Crippen LogP contribution in [0.5, 0.6) is 0 Å². The molecule has 0 aromatic rings. The maximum atomic E-state index is 8.71. The van der Waals surface area contributed by atoms with Gasteiger partial charge in [0.05, 0.1) is 6.61 Å². The van der Waals surface area contributed by atoms with Crippen molar-refractivity contribution < 1.29 is 5.11 Å². The van der Waals surface area contributed by atoms with Gasteiger partial charge < -0.3 is 10.0 Å². The molecule has 0 saturated carbocycles. The fraction of sp³-hybridized carbons (Fsp3) is 0.750. The zero-order valence-corrected chi connectivity index (χ0v) is 7.08. The summed E-state index contributed by atoms with van der Waals surface area (Å²) in [7, 11) is 2.08. The highest BCUT2D eigenvalue weighted by molar-refractivity contribution is 4.99. The van der Waals surface area contributed by atoms with Crippen LogP contribution in [0.15, 0.2) is 12.3 Å². The van der Waals surface area contributed by atoms with Gasteiger partial charge in [0, 0.05) is 31.9 Å². The molecular weight excluding hydrogens is 140 g/mol. The summed E-state index contributed by atoms with van der Waals surface area (Å²) in [6.45, 7) is 7.89. The van der Waals surface area contributed by atoms with Crippen molar-refractivity contribution in [2.75, 3.05) is 39.8 Å². The molecule has 0 aromatic heterocycles. The third kappa shape index (κ3) is 2.20. The summed E-state index contributed by atoms with van der Waals surface area (Å²) in [4.78, 5) is 4.37. The van der Waals surface area contributed by atoms with Crippen LogP contribution < -0.4 is 0 Å². The Morgan fingerprint density at radius 3 is 2.82 bits per heavy atom. The molecule has 0 atom stereocenters. The van der Waals surface area contributed by atoms with E-state index in [1.54, 1.807) is 0 Å². The van der Waals surface area contributed by atoms with Gasteiger partial charge >= 0.3 is 0 Å². The molecule has 1 fully saturated rings. The smallest absolute Gasteiger partial charge is 0.0606 e. The first-order valence-corrected chi connectivity index (χ1v) is 3.96. The van der Waals surface area contributed by atoms with Crippen LogP contribution in [0.3, 0.4) is 0 Å². The molecule has 11 heavy (non-hydrogen) atoms. The van der Waals surface area contributed by atoms with Gasteiger partial charge in [0.25, 0.3) is 0 Å². The second-order valence-corrected chi connectivity index (χ2v) is 3.01. The van der Waals surface area contributed by atoms with Crippen LogP contribution in [0.2, 0.25) is 0 Å². The monoisotopic (exact) mass is 156 g/mol. The molecule has 0 amide bonds. The number of piperazine rings is 1. The quantitative estimate of drug-likeness (QED) is 0.596. The Balaban J connectivity index is 2.38. The summed E-state index contributed by atoms with van der Waals surface area (Å²) in [6.07, 6.45) is 0. The van der Waals surface area contributed by atoms with E-state index in [0.717, 1.165) is 31.9 Å². The SMILES string of the molecule is C=C1CN(C)CCN1CCO. The zero-order valence-electron chi connectivity index (χ0n) is 7.08. The van der Waals surface area contributed by atoms with Crippen molar-refractivity contribution in [3.05, 3.63) is 12.3 Å². The Morgan fingerprint density at radius 1 is 1.55 bits per heavy atom. The lowest BCUT2D eigenvalue weighted by Crippen LogP contribution is -2.43. The number of β-amino-alcohol motifs (C(OH)–C–C–N with tert-alkyl or cyclic N) is 1. The first-order valence-electron chi connectivity index (χ1n) is 3.96. The number of aliphatic hydroxyl groups excluding tert-OH is 1. The maximum Gasteiger partial charge on any atom is 0.0606 e. The minimum Gasteiger partial charge on any atom is -0.395 e. The van der Waals surface area contributed by atoms with Crippen LogP contribution in [0.25, 0.3) is 0 Å². The lowest BCUT2D eigenvalue weighted by Gasteiger charge is -2.35. The van der Waals surface area contributed by atoms with E-state index in [2.05, 4.69) is 23.4 Å². The number of hydrogen-bond acceptors (Lipinski definition) is 3. The van der Waals surface area contributed by atoms with Gasteiger partial charge in [-0.1, -0.05) is 6.58 Å². The molecule has 1 aliphatic rings. The fourth-order valence-corrected chi connectivity index (χ4v) is 1.33. The second-order valence-electron chi connectivity index (χ2n) is 3.01. The molecule has 0 unspecified atom stereocenters.